The van der Waals surface area contributed by atoms with Gasteiger partial charge in [0.25, 0.3) is 0 Å². The number of piperidine rings is 1. The Morgan fingerprint density at radius 1 is 1.19 bits per heavy atom. The lowest BCUT2D eigenvalue weighted by molar-refractivity contribution is -0.141. The normalized spacial score (nSPS) is 19.7. The molecule has 1 amide bonds. The molecule has 148 valence electrons. The van der Waals surface area contributed by atoms with Crippen LogP contribution in [-0.2, 0) is 22.6 Å². The van der Waals surface area contributed by atoms with E-state index in [1.165, 1.54) is 11.1 Å². The fourth-order valence-corrected chi connectivity index (χ4v) is 4.39. The summed E-state index contributed by atoms with van der Waals surface area (Å²) in [4.78, 5) is 30.3. The minimum Gasteiger partial charge on any atom is -0.480 e. The van der Waals surface area contributed by atoms with Crippen LogP contribution in [0.2, 0.25) is 0 Å². The standard InChI is InChI=1S/C21H31N3O3/c1-3-22(15-20(25)26)19-9-12-23(13-10-19)21(27)16(2)24-11-8-17-6-4-5-7-18(17)14-24/h4-7,16,19H,3,8-15H2,1-2H3,(H,25,26). The zero-order valence-electron chi connectivity index (χ0n) is 16.4. The number of carbonyl (C=O) groups excluding carboxylic acids is 1. The third kappa shape index (κ3) is 4.68. The number of likely N-dealkylation sites (N-methyl/N-ethyl adjacent to an activating group) is 1. The van der Waals surface area contributed by atoms with Crippen LogP contribution in [-0.4, -0.2) is 76.5 Å². The predicted molar refractivity (Wildman–Crippen MR) is 105 cm³/mol. The Hall–Kier alpha value is -1.92. The monoisotopic (exact) mass is 373 g/mol. The second kappa shape index (κ2) is 8.85. The molecule has 1 aromatic rings. The molecule has 2 aliphatic rings. The number of aliphatic carboxylic acids is 1. The molecule has 1 aromatic carbocycles. The molecule has 0 aliphatic carbocycles. The number of likely N-dealkylation sites (tertiary alicyclic amines) is 1. The average molecular weight is 373 g/mol. The Morgan fingerprint density at radius 3 is 2.48 bits per heavy atom. The van der Waals surface area contributed by atoms with E-state index in [4.69, 9.17) is 5.11 Å². The first-order chi connectivity index (χ1) is 13.0. The maximum Gasteiger partial charge on any atom is 0.317 e. The van der Waals surface area contributed by atoms with Crippen LogP contribution < -0.4 is 0 Å². The molecule has 2 heterocycles. The molecule has 0 bridgehead atoms. The SMILES string of the molecule is CCN(CC(=O)O)C1CCN(C(=O)C(C)N2CCc3ccccc3C2)CC1. The molecule has 1 unspecified atom stereocenters. The number of nitrogens with zero attached hydrogens (tertiary/aromatic N) is 3. The molecule has 27 heavy (non-hydrogen) atoms. The number of hydrogen-bond acceptors (Lipinski definition) is 4. The molecular formula is C21H31N3O3. The Kier molecular flexibility index (Phi) is 6.50. The second-order valence-corrected chi connectivity index (χ2v) is 7.68. The lowest BCUT2D eigenvalue weighted by Crippen LogP contribution is -2.53. The number of fused-ring (bicyclic) bond motifs is 1. The predicted octanol–water partition coefficient (Wildman–Crippen LogP) is 1.83. The Balaban J connectivity index is 1.54. The molecule has 3 rings (SSSR count). The summed E-state index contributed by atoms with van der Waals surface area (Å²) in [5.74, 6) is -0.580. The third-order valence-electron chi connectivity index (χ3n) is 6.10. The molecule has 0 aromatic heterocycles. The van der Waals surface area contributed by atoms with Crippen LogP contribution in [0.4, 0.5) is 0 Å². The van der Waals surface area contributed by atoms with E-state index in [0.29, 0.717) is 13.1 Å². The summed E-state index contributed by atoms with van der Waals surface area (Å²) in [7, 11) is 0. The summed E-state index contributed by atoms with van der Waals surface area (Å²) in [5, 5.41) is 9.06. The molecule has 2 aliphatic heterocycles. The van der Waals surface area contributed by atoms with Crippen molar-refractivity contribution in [2.45, 2.75) is 51.7 Å². The Bertz CT molecular complexity index is 670. The maximum absolute atomic E-state index is 13.0. The van der Waals surface area contributed by atoms with Gasteiger partial charge in [-0.05, 0) is 43.9 Å². The number of hydrogen-bond donors (Lipinski definition) is 1. The van der Waals surface area contributed by atoms with Crippen molar-refractivity contribution in [2.24, 2.45) is 0 Å². The van der Waals surface area contributed by atoms with Crippen LogP contribution in [0.3, 0.4) is 0 Å². The number of benzene rings is 1. The van der Waals surface area contributed by atoms with Crippen molar-refractivity contribution in [3.63, 3.8) is 0 Å². The molecule has 6 heteroatoms. The molecule has 0 saturated carbocycles. The fourth-order valence-electron chi connectivity index (χ4n) is 4.39. The van der Waals surface area contributed by atoms with Gasteiger partial charge in [-0.3, -0.25) is 19.4 Å². The molecular weight excluding hydrogens is 342 g/mol. The first-order valence-electron chi connectivity index (χ1n) is 10.0. The lowest BCUT2D eigenvalue weighted by atomic mass is 9.98. The van der Waals surface area contributed by atoms with E-state index in [2.05, 4.69) is 29.2 Å². The van der Waals surface area contributed by atoms with Gasteiger partial charge in [-0.25, -0.2) is 0 Å². The van der Waals surface area contributed by atoms with E-state index < -0.39 is 5.97 Å². The molecule has 1 atom stereocenters. The summed E-state index contributed by atoms with van der Waals surface area (Å²) in [5.41, 5.74) is 2.72. The van der Waals surface area contributed by atoms with Gasteiger partial charge in [-0.2, -0.15) is 0 Å². The molecule has 0 spiro atoms. The van der Waals surface area contributed by atoms with Gasteiger partial charge in [-0.1, -0.05) is 31.2 Å². The minimum absolute atomic E-state index is 0.0820. The van der Waals surface area contributed by atoms with Gasteiger partial charge in [-0.15, -0.1) is 0 Å². The summed E-state index contributed by atoms with van der Waals surface area (Å²) >= 11 is 0. The Morgan fingerprint density at radius 2 is 1.85 bits per heavy atom. The molecule has 0 radical (unpaired) electrons. The molecule has 1 saturated heterocycles. The van der Waals surface area contributed by atoms with Gasteiger partial charge in [0.1, 0.15) is 0 Å². The smallest absolute Gasteiger partial charge is 0.317 e. The highest BCUT2D eigenvalue weighted by Crippen LogP contribution is 2.22. The van der Waals surface area contributed by atoms with Gasteiger partial charge in [0, 0.05) is 32.2 Å². The summed E-state index contributed by atoms with van der Waals surface area (Å²) < 4.78 is 0. The van der Waals surface area contributed by atoms with E-state index in [1.807, 2.05) is 23.6 Å². The van der Waals surface area contributed by atoms with Crippen molar-refractivity contribution >= 4 is 11.9 Å². The van der Waals surface area contributed by atoms with E-state index in [1.54, 1.807) is 0 Å². The van der Waals surface area contributed by atoms with Crippen molar-refractivity contribution in [3.05, 3.63) is 35.4 Å². The molecule has 1 N–H and O–H groups in total. The number of carboxylic acids is 1. The minimum atomic E-state index is -0.783. The highest BCUT2D eigenvalue weighted by Gasteiger charge is 2.32. The van der Waals surface area contributed by atoms with Crippen molar-refractivity contribution < 1.29 is 14.7 Å². The van der Waals surface area contributed by atoms with Gasteiger partial charge in [0.05, 0.1) is 12.6 Å². The lowest BCUT2D eigenvalue weighted by Gasteiger charge is -2.40. The number of rotatable bonds is 6. The quantitative estimate of drug-likeness (QED) is 0.824. The van der Waals surface area contributed by atoms with Crippen molar-refractivity contribution in [3.8, 4) is 0 Å². The van der Waals surface area contributed by atoms with Crippen LogP contribution in [0.15, 0.2) is 24.3 Å². The Labute approximate surface area is 161 Å². The number of amides is 1. The van der Waals surface area contributed by atoms with Crippen LogP contribution >= 0.6 is 0 Å². The van der Waals surface area contributed by atoms with Gasteiger partial charge < -0.3 is 10.0 Å². The highest BCUT2D eigenvalue weighted by atomic mass is 16.4. The average Bonchev–Trinajstić information content (AvgIpc) is 2.70. The van der Waals surface area contributed by atoms with E-state index in [9.17, 15) is 9.59 Å². The van der Waals surface area contributed by atoms with E-state index in [0.717, 1.165) is 38.9 Å². The first-order valence-corrected chi connectivity index (χ1v) is 10.0. The zero-order chi connectivity index (χ0) is 19.4. The van der Waals surface area contributed by atoms with E-state index in [-0.39, 0.29) is 24.5 Å². The van der Waals surface area contributed by atoms with Crippen molar-refractivity contribution in [2.75, 3.05) is 32.7 Å². The second-order valence-electron chi connectivity index (χ2n) is 7.68. The zero-order valence-corrected chi connectivity index (χ0v) is 16.4. The van der Waals surface area contributed by atoms with Crippen LogP contribution in [0, 0.1) is 0 Å². The fraction of sp³-hybridized carbons (Fsp3) is 0.619. The number of carboxylic acid groups (broad SMARTS) is 1. The summed E-state index contributed by atoms with van der Waals surface area (Å²) in [6, 6.07) is 8.63. The maximum atomic E-state index is 13.0. The third-order valence-corrected chi connectivity index (χ3v) is 6.10. The van der Waals surface area contributed by atoms with E-state index >= 15 is 0 Å². The van der Waals surface area contributed by atoms with Crippen LogP contribution in [0.5, 0.6) is 0 Å². The van der Waals surface area contributed by atoms with Crippen molar-refractivity contribution in [1.29, 1.82) is 0 Å². The topological polar surface area (TPSA) is 64.1 Å². The molecule has 6 nitrogen and oxygen atoms in total. The summed E-state index contributed by atoms with van der Waals surface area (Å²) in [6.07, 6.45) is 2.70. The first kappa shape index (κ1) is 19.8. The largest absolute Gasteiger partial charge is 0.480 e. The van der Waals surface area contributed by atoms with Crippen molar-refractivity contribution in [1.82, 2.24) is 14.7 Å². The van der Waals surface area contributed by atoms with Gasteiger partial charge in [0.15, 0.2) is 0 Å². The molecule has 1 fully saturated rings. The van der Waals surface area contributed by atoms with Gasteiger partial charge in [0.2, 0.25) is 5.91 Å². The summed E-state index contributed by atoms with van der Waals surface area (Å²) in [6.45, 7) is 8.02. The highest BCUT2D eigenvalue weighted by molar-refractivity contribution is 5.81. The van der Waals surface area contributed by atoms with Crippen LogP contribution in [0.25, 0.3) is 0 Å². The van der Waals surface area contributed by atoms with Gasteiger partial charge >= 0.3 is 5.97 Å². The number of carbonyl (C=O) groups is 2. The van der Waals surface area contributed by atoms with Crippen LogP contribution in [0.1, 0.15) is 37.8 Å².